The van der Waals surface area contributed by atoms with Crippen LogP contribution < -0.4 is 15.8 Å². The Morgan fingerprint density at radius 1 is 1.13 bits per heavy atom. The number of nitrogens with zero attached hydrogens (tertiary/aromatic N) is 1. The average molecular weight is 481 g/mol. The molecule has 3 rings (SSSR count). The number of nitrogens with one attached hydrogen (secondary N) is 2. The summed E-state index contributed by atoms with van der Waals surface area (Å²) in [5, 5.41) is 10.3. The largest absolute Gasteiger partial charge is 0.496 e. The van der Waals surface area contributed by atoms with Crippen LogP contribution in [0.5, 0.6) is 5.75 Å². The number of aromatic nitrogens is 1. The molecular formula is C23H21BrN4O3. The SMILES string of the molecule is COc1cc(C(=O)Cc2ccc(Br)cn2)c(NC(=O)c2ccc(C(=N)N)cc2)cc1C. The number of ether oxygens (including phenoxy) is 1. The molecular weight excluding hydrogens is 460 g/mol. The molecule has 8 heteroatoms. The summed E-state index contributed by atoms with van der Waals surface area (Å²) in [7, 11) is 1.53. The van der Waals surface area contributed by atoms with Crippen molar-refractivity contribution in [3.63, 3.8) is 0 Å². The minimum Gasteiger partial charge on any atom is -0.496 e. The summed E-state index contributed by atoms with van der Waals surface area (Å²) in [5.41, 5.74) is 8.48. The maximum absolute atomic E-state index is 13.0. The van der Waals surface area contributed by atoms with Gasteiger partial charge in [0.15, 0.2) is 5.78 Å². The first-order valence-corrected chi connectivity index (χ1v) is 10.2. The summed E-state index contributed by atoms with van der Waals surface area (Å²) in [5.74, 6) is -0.103. The molecule has 1 amide bonds. The summed E-state index contributed by atoms with van der Waals surface area (Å²) in [4.78, 5) is 30.1. The van der Waals surface area contributed by atoms with Gasteiger partial charge in [0.2, 0.25) is 0 Å². The fourth-order valence-electron chi connectivity index (χ4n) is 3.01. The molecule has 0 aliphatic rings. The van der Waals surface area contributed by atoms with E-state index in [4.69, 9.17) is 15.9 Å². The van der Waals surface area contributed by atoms with Crippen LogP contribution in [0.15, 0.2) is 59.2 Å². The van der Waals surface area contributed by atoms with Gasteiger partial charge in [-0.3, -0.25) is 20.0 Å². The Hall–Kier alpha value is -3.52. The van der Waals surface area contributed by atoms with Crippen molar-refractivity contribution in [1.29, 1.82) is 5.41 Å². The van der Waals surface area contributed by atoms with E-state index in [1.165, 1.54) is 7.11 Å². The number of aryl methyl sites for hydroxylation is 1. The van der Waals surface area contributed by atoms with Crippen LogP contribution in [-0.4, -0.2) is 29.6 Å². The van der Waals surface area contributed by atoms with Gasteiger partial charge in [-0.2, -0.15) is 0 Å². The van der Waals surface area contributed by atoms with E-state index in [0.717, 1.165) is 10.0 Å². The summed E-state index contributed by atoms with van der Waals surface area (Å²) in [6.07, 6.45) is 1.71. The molecule has 4 N–H and O–H groups in total. The number of amides is 1. The molecule has 0 bridgehead atoms. The predicted molar refractivity (Wildman–Crippen MR) is 123 cm³/mol. The number of carbonyl (C=O) groups excluding carboxylic acids is 2. The molecule has 0 unspecified atom stereocenters. The molecule has 2 aromatic carbocycles. The zero-order valence-corrected chi connectivity index (χ0v) is 18.6. The Morgan fingerprint density at radius 3 is 2.39 bits per heavy atom. The quantitative estimate of drug-likeness (QED) is 0.267. The van der Waals surface area contributed by atoms with E-state index >= 15 is 0 Å². The smallest absolute Gasteiger partial charge is 0.255 e. The number of amidine groups is 1. The molecule has 0 saturated heterocycles. The first-order valence-electron chi connectivity index (χ1n) is 9.36. The van der Waals surface area contributed by atoms with Gasteiger partial charge in [0.1, 0.15) is 11.6 Å². The third-order valence-electron chi connectivity index (χ3n) is 4.67. The molecule has 0 fully saturated rings. The van der Waals surface area contributed by atoms with Crippen molar-refractivity contribution in [2.45, 2.75) is 13.3 Å². The van der Waals surface area contributed by atoms with Gasteiger partial charge in [-0.1, -0.05) is 12.1 Å². The fraction of sp³-hybridized carbons (Fsp3) is 0.130. The Labute approximate surface area is 188 Å². The minimum atomic E-state index is -0.379. The van der Waals surface area contributed by atoms with E-state index in [2.05, 4.69) is 26.2 Å². The number of hydrogen-bond acceptors (Lipinski definition) is 5. The summed E-state index contributed by atoms with van der Waals surface area (Å²) >= 11 is 3.33. The van der Waals surface area contributed by atoms with E-state index < -0.39 is 0 Å². The molecule has 0 saturated carbocycles. The lowest BCUT2D eigenvalue weighted by atomic mass is 10.0. The minimum absolute atomic E-state index is 0.0767. The number of nitrogen functional groups attached to an aromatic ring is 1. The monoisotopic (exact) mass is 480 g/mol. The second kappa shape index (κ2) is 9.53. The normalized spacial score (nSPS) is 10.4. The summed E-state index contributed by atoms with van der Waals surface area (Å²) in [6.45, 7) is 1.83. The lowest BCUT2D eigenvalue weighted by molar-refractivity contribution is 0.0992. The van der Waals surface area contributed by atoms with Gasteiger partial charge in [-0.15, -0.1) is 0 Å². The van der Waals surface area contributed by atoms with Crippen LogP contribution in [-0.2, 0) is 6.42 Å². The molecule has 1 heterocycles. The molecule has 3 aromatic rings. The number of ketones is 1. The molecule has 7 nitrogen and oxygen atoms in total. The molecule has 158 valence electrons. The Kier molecular flexibility index (Phi) is 6.81. The van der Waals surface area contributed by atoms with Gasteiger partial charge in [-0.25, -0.2) is 0 Å². The maximum atomic E-state index is 13.0. The molecule has 0 atom stereocenters. The Balaban J connectivity index is 1.90. The second-order valence-corrected chi connectivity index (χ2v) is 7.80. The number of pyridine rings is 1. The zero-order chi connectivity index (χ0) is 22.5. The van der Waals surface area contributed by atoms with Gasteiger partial charge in [0.25, 0.3) is 5.91 Å². The number of methoxy groups -OCH3 is 1. The van der Waals surface area contributed by atoms with Crippen molar-refractivity contribution in [1.82, 2.24) is 4.98 Å². The van der Waals surface area contributed by atoms with Crippen LogP contribution in [0.25, 0.3) is 0 Å². The predicted octanol–water partition coefficient (Wildman–Crippen LogP) is 4.12. The van der Waals surface area contributed by atoms with Crippen LogP contribution >= 0.6 is 15.9 Å². The number of nitrogens with two attached hydrogens (primary N) is 1. The Bertz CT molecular complexity index is 1140. The first-order chi connectivity index (χ1) is 14.8. The van der Waals surface area contributed by atoms with Gasteiger partial charge in [0, 0.05) is 33.1 Å². The van der Waals surface area contributed by atoms with Crippen molar-refractivity contribution >= 4 is 39.1 Å². The van der Waals surface area contributed by atoms with Crippen molar-refractivity contribution in [3.05, 3.63) is 87.1 Å². The summed E-state index contributed by atoms with van der Waals surface area (Å²) < 4.78 is 6.19. The molecule has 0 aliphatic heterocycles. The highest BCUT2D eigenvalue weighted by Gasteiger charge is 2.18. The van der Waals surface area contributed by atoms with Gasteiger partial charge in [-0.05, 0) is 64.8 Å². The van der Waals surface area contributed by atoms with Crippen molar-refractivity contribution in [2.24, 2.45) is 5.73 Å². The van der Waals surface area contributed by atoms with E-state index in [1.807, 2.05) is 13.0 Å². The number of rotatable bonds is 7. The highest BCUT2D eigenvalue weighted by molar-refractivity contribution is 9.10. The fourth-order valence-corrected chi connectivity index (χ4v) is 3.24. The number of benzene rings is 2. The number of anilines is 1. The third-order valence-corrected chi connectivity index (χ3v) is 5.14. The molecule has 0 spiro atoms. The van der Waals surface area contributed by atoms with Gasteiger partial charge >= 0.3 is 0 Å². The van der Waals surface area contributed by atoms with E-state index in [1.54, 1.807) is 48.7 Å². The van der Waals surface area contributed by atoms with E-state index in [0.29, 0.717) is 33.8 Å². The number of halogens is 1. The molecule has 31 heavy (non-hydrogen) atoms. The van der Waals surface area contributed by atoms with Crippen LogP contribution in [0, 0.1) is 12.3 Å². The molecule has 0 radical (unpaired) electrons. The van der Waals surface area contributed by atoms with Gasteiger partial charge < -0.3 is 15.8 Å². The average Bonchev–Trinajstić information content (AvgIpc) is 2.75. The van der Waals surface area contributed by atoms with E-state index in [-0.39, 0.29) is 23.9 Å². The Morgan fingerprint density at radius 2 is 1.81 bits per heavy atom. The van der Waals surface area contributed by atoms with Crippen molar-refractivity contribution in [2.75, 3.05) is 12.4 Å². The number of carbonyl (C=O) groups is 2. The lowest BCUT2D eigenvalue weighted by Crippen LogP contribution is -2.17. The highest BCUT2D eigenvalue weighted by Crippen LogP contribution is 2.28. The van der Waals surface area contributed by atoms with Crippen LogP contribution in [0.4, 0.5) is 5.69 Å². The highest BCUT2D eigenvalue weighted by atomic mass is 79.9. The topological polar surface area (TPSA) is 118 Å². The van der Waals surface area contributed by atoms with Crippen LogP contribution in [0.3, 0.4) is 0 Å². The van der Waals surface area contributed by atoms with Gasteiger partial charge in [0.05, 0.1) is 19.2 Å². The van der Waals surface area contributed by atoms with Crippen molar-refractivity contribution < 1.29 is 14.3 Å². The molecule has 1 aromatic heterocycles. The molecule has 0 aliphatic carbocycles. The maximum Gasteiger partial charge on any atom is 0.255 e. The van der Waals surface area contributed by atoms with Crippen LogP contribution in [0.1, 0.15) is 37.5 Å². The van der Waals surface area contributed by atoms with E-state index in [9.17, 15) is 9.59 Å². The van der Waals surface area contributed by atoms with Crippen molar-refractivity contribution in [3.8, 4) is 5.75 Å². The zero-order valence-electron chi connectivity index (χ0n) is 17.0. The number of hydrogen-bond donors (Lipinski definition) is 3. The van der Waals surface area contributed by atoms with Crippen LogP contribution in [0.2, 0.25) is 0 Å². The standard InChI is InChI=1S/C23H21BrN4O3/c1-13-9-19(28-23(30)15-5-3-14(4-6-15)22(25)26)18(11-21(13)31-2)20(29)10-17-8-7-16(24)12-27-17/h3-9,11-12H,10H2,1-2H3,(H3,25,26)(H,28,30). The summed E-state index contributed by atoms with van der Waals surface area (Å²) in [6, 6.07) is 13.3. The number of Topliss-reactive ketones (excluding diaryl/α,β-unsaturated/α-hetero) is 1. The first kappa shape index (κ1) is 22.2. The second-order valence-electron chi connectivity index (χ2n) is 6.88. The third kappa shape index (κ3) is 5.35. The lowest BCUT2D eigenvalue weighted by Gasteiger charge is -2.14.